The minimum Gasteiger partial charge on any atom is -0.292 e. The Bertz CT molecular complexity index is 1270. The number of hydrogen-bond acceptors (Lipinski definition) is 5. The van der Waals surface area contributed by atoms with Crippen LogP contribution in [0.4, 0.5) is 17.6 Å². The molecule has 0 bridgehead atoms. The Morgan fingerprint density at radius 1 is 1.19 bits per heavy atom. The van der Waals surface area contributed by atoms with Gasteiger partial charge in [0.15, 0.2) is 0 Å². The van der Waals surface area contributed by atoms with Crippen LogP contribution >= 0.6 is 11.6 Å². The Hall–Kier alpha value is -2.71. The molecule has 0 aliphatic heterocycles. The van der Waals surface area contributed by atoms with Crippen LogP contribution in [0.1, 0.15) is 24.1 Å². The lowest BCUT2D eigenvalue weighted by Crippen LogP contribution is -2.41. The number of carbonyl (C=O) groups excluding carboxylic acids is 1. The number of rotatable bonds is 5. The molecular formula is C16H15ClF4N4O5S. The second-order valence-electron chi connectivity index (χ2n) is 6.26. The van der Waals surface area contributed by atoms with Gasteiger partial charge in [0.05, 0.1) is 11.6 Å². The lowest BCUT2D eigenvalue weighted by Gasteiger charge is -2.17. The fourth-order valence-corrected chi connectivity index (χ4v) is 3.45. The Balaban J connectivity index is 2.69. The van der Waals surface area contributed by atoms with Crippen molar-refractivity contribution in [3.8, 4) is 5.69 Å². The van der Waals surface area contributed by atoms with E-state index < -0.39 is 56.7 Å². The summed E-state index contributed by atoms with van der Waals surface area (Å²) in [6.07, 6.45) is -5.01. The molecule has 2 N–H and O–H groups in total. The third-order valence-electron chi connectivity index (χ3n) is 4.28. The predicted octanol–water partition coefficient (Wildman–Crippen LogP) is 1.03. The van der Waals surface area contributed by atoms with Crippen molar-refractivity contribution in [2.24, 2.45) is 7.05 Å². The second-order valence-corrected chi connectivity index (χ2v) is 8.29. The topological polar surface area (TPSA) is 119 Å². The van der Waals surface area contributed by atoms with Crippen LogP contribution in [0.3, 0.4) is 0 Å². The highest BCUT2D eigenvalue weighted by atomic mass is 35.5. The fourth-order valence-electron chi connectivity index (χ4n) is 2.59. The highest BCUT2D eigenvalue weighted by molar-refractivity contribution is 7.88. The zero-order valence-electron chi connectivity index (χ0n) is 16.0. The monoisotopic (exact) mass is 486 g/mol. The summed E-state index contributed by atoms with van der Waals surface area (Å²) in [6, 6.07) is 1.57. The molecule has 0 aliphatic rings. The van der Waals surface area contributed by atoms with Gasteiger partial charge in [0.25, 0.3) is 5.56 Å². The molecule has 0 radical (unpaired) electrons. The van der Waals surface area contributed by atoms with Gasteiger partial charge in [-0.2, -0.15) is 21.6 Å². The first-order valence-corrected chi connectivity index (χ1v) is 10.1. The summed E-state index contributed by atoms with van der Waals surface area (Å²) >= 11 is 5.92. The Morgan fingerprint density at radius 2 is 1.77 bits per heavy atom. The number of carbonyl (C=O) groups is 1. The number of aromatic nitrogens is 2. The summed E-state index contributed by atoms with van der Waals surface area (Å²) in [5.41, 5.74) is -5.47. The molecule has 0 saturated carbocycles. The first-order chi connectivity index (χ1) is 14.1. The van der Waals surface area contributed by atoms with E-state index in [2.05, 4.69) is 0 Å². The summed E-state index contributed by atoms with van der Waals surface area (Å²) in [5, 5.41) is -0.345. The molecule has 1 unspecified atom stereocenters. The van der Waals surface area contributed by atoms with Crippen molar-refractivity contribution in [2.75, 3.05) is 7.05 Å². The largest absolute Gasteiger partial charge is 0.431 e. The number of hydrogen-bond donors (Lipinski definition) is 2. The smallest absolute Gasteiger partial charge is 0.292 e. The molecule has 15 heteroatoms. The quantitative estimate of drug-likeness (QED) is 0.612. The van der Waals surface area contributed by atoms with Crippen LogP contribution in [-0.2, 0) is 28.2 Å². The Labute approximate surface area is 177 Å². The SMILES string of the molecule is CNS(=O)(=O)NC(=O)C(C)c1cc(-n2c(=O)cc(C(F)(F)F)n(C)c2=O)c(F)cc1Cl. The molecule has 1 atom stereocenters. The molecule has 1 heterocycles. The van der Waals surface area contributed by atoms with Gasteiger partial charge in [-0.1, -0.05) is 11.6 Å². The molecule has 0 spiro atoms. The van der Waals surface area contributed by atoms with E-state index in [0.29, 0.717) is 6.07 Å². The zero-order valence-corrected chi connectivity index (χ0v) is 17.6. The summed E-state index contributed by atoms with van der Waals surface area (Å²) in [4.78, 5) is 36.8. The molecule has 0 saturated heterocycles. The van der Waals surface area contributed by atoms with E-state index in [9.17, 15) is 40.4 Å². The van der Waals surface area contributed by atoms with Crippen LogP contribution in [0.5, 0.6) is 0 Å². The van der Waals surface area contributed by atoms with Gasteiger partial charge in [-0.3, -0.25) is 14.2 Å². The third-order valence-corrected chi connectivity index (χ3v) is 5.62. The van der Waals surface area contributed by atoms with Gasteiger partial charge >= 0.3 is 22.1 Å². The Kier molecular flexibility index (Phi) is 6.68. The van der Waals surface area contributed by atoms with Crippen LogP contribution in [0.15, 0.2) is 27.8 Å². The summed E-state index contributed by atoms with van der Waals surface area (Å²) in [6.45, 7) is 1.21. The van der Waals surface area contributed by atoms with E-state index in [1.165, 1.54) is 6.92 Å². The molecule has 1 aromatic heterocycles. The number of benzene rings is 1. The highest BCUT2D eigenvalue weighted by Gasteiger charge is 2.35. The van der Waals surface area contributed by atoms with Crippen molar-refractivity contribution in [1.29, 1.82) is 0 Å². The molecule has 0 fully saturated rings. The van der Waals surface area contributed by atoms with Crippen molar-refractivity contribution in [2.45, 2.75) is 19.0 Å². The van der Waals surface area contributed by atoms with E-state index in [-0.39, 0.29) is 25.8 Å². The molecule has 1 amide bonds. The maximum absolute atomic E-state index is 14.5. The standard InChI is InChI=1S/C16H15ClF4N4O5S/c1-7(14(27)23-31(29,30)22-2)8-4-11(10(18)5-9(8)17)25-13(26)6-12(16(19,20)21)24(3)15(25)28/h4-7,22H,1-3H3,(H,23,27). The number of amides is 1. The third kappa shape index (κ3) is 4.97. The summed E-state index contributed by atoms with van der Waals surface area (Å²) < 4.78 is 80.3. The average Bonchev–Trinajstić information content (AvgIpc) is 2.64. The summed E-state index contributed by atoms with van der Waals surface area (Å²) in [5.74, 6) is -3.63. The van der Waals surface area contributed by atoms with Crippen LogP contribution in [-0.4, -0.2) is 30.5 Å². The van der Waals surface area contributed by atoms with Crippen LogP contribution in [0.2, 0.25) is 5.02 Å². The fraction of sp³-hybridized carbons (Fsp3) is 0.312. The van der Waals surface area contributed by atoms with Gasteiger partial charge in [-0.15, -0.1) is 0 Å². The minimum absolute atomic E-state index is 0.116. The molecular weight excluding hydrogens is 472 g/mol. The first-order valence-electron chi connectivity index (χ1n) is 8.25. The molecule has 0 aliphatic carbocycles. The lowest BCUT2D eigenvalue weighted by molar-refractivity contribution is -0.144. The summed E-state index contributed by atoms with van der Waals surface area (Å²) in [7, 11) is -2.39. The van der Waals surface area contributed by atoms with E-state index in [0.717, 1.165) is 20.2 Å². The van der Waals surface area contributed by atoms with Gasteiger partial charge in [0.2, 0.25) is 5.91 Å². The van der Waals surface area contributed by atoms with Crippen molar-refractivity contribution < 1.29 is 30.8 Å². The van der Waals surface area contributed by atoms with Gasteiger partial charge in [0, 0.05) is 25.2 Å². The average molecular weight is 487 g/mol. The van der Waals surface area contributed by atoms with Crippen LogP contribution < -0.4 is 20.7 Å². The van der Waals surface area contributed by atoms with E-state index >= 15 is 0 Å². The molecule has 2 rings (SSSR count). The predicted molar refractivity (Wildman–Crippen MR) is 102 cm³/mol. The Morgan fingerprint density at radius 3 is 2.29 bits per heavy atom. The number of nitrogens with zero attached hydrogens (tertiary/aromatic N) is 2. The highest BCUT2D eigenvalue weighted by Crippen LogP contribution is 2.30. The van der Waals surface area contributed by atoms with E-state index in [4.69, 9.17) is 11.6 Å². The van der Waals surface area contributed by atoms with Crippen LogP contribution in [0.25, 0.3) is 5.69 Å². The maximum Gasteiger partial charge on any atom is 0.431 e. The van der Waals surface area contributed by atoms with Gasteiger partial charge in [-0.25, -0.2) is 23.2 Å². The van der Waals surface area contributed by atoms with Crippen molar-refractivity contribution in [3.05, 3.63) is 61.1 Å². The molecule has 31 heavy (non-hydrogen) atoms. The van der Waals surface area contributed by atoms with E-state index in [1.54, 1.807) is 4.72 Å². The van der Waals surface area contributed by atoms with Gasteiger partial charge in [-0.05, 0) is 24.6 Å². The number of halogens is 5. The van der Waals surface area contributed by atoms with Crippen molar-refractivity contribution in [3.63, 3.8) is 0 Å². The zero-order chi connectivity index (χ0) is 23.9. The first kappa shape index (κ1) is 24.6. The molecule has 2 aromatic rings. The van der Waals surface area contributed by atoms with Crippen LogP contribution in [0, 0.1) is 5.82 Å². The number of alkyl halides is 3. The molecule has 1 aromatic carbocycles. The molecule has 170 valence electrons. The maximum atomic E-state index is 14.5. The van der Waals surface area contributed by atoms with Gasteiger partial charge in [0.1, 0.15) is 11.5 Å². The minimum atomic E-state index is -5.01. The van der Waals surface area contributed by atoms with Gasteiger partial charge < -0.3 is 0 Å². The molecule has 9 nitrogen and oxygen atoms in total. The second kappa shape index (κ2) is 8.43. The lowest BCUT2D eigenvalue weighted by atomic mass is 9.99. The van der Waals surface area contributed by atoms with E-state index in [1.807, 2.05) is 4.72 Å². The normalized spacial score (nSPS) is 13.2. The van der Waals surface area contributed by atoms with Crippen molar-refractivity contribution in [1.82, 2.24) is 18.6 Å². The number of nitrogens with one attached hydrogen (secondary N) is 2. The van der Waals surface area contributed by atoms with Crippen molar-refractivity contribution >= 4 is 27.7 Å².